The molecule has 0 bridgehead atoms. The van der Waals surface area contributed by atoms with Crippen LogP contribution < -0.4 is 4.90 Å². The lowest BCUT2D eigenvalue weighted by molar-refractivity contribution is -0.152. The van der Waals surface area contributed by atoms with Gasteiger partial charge in [-0.25, -0.2) is 0 Å². The second-order valence-electron chi connectivity index (χ2n) is 10.9. The summed E-state index contributed by atoms with van der Waals surface area (Å²) in [6.45, 7) is 11.9. The summed E-state index contributed by atoms with van der Waals surface area (Å²) in [7, 11) is 0. The number of carboxylic acid groups (broad SMARTS) is 1. The Balaban J connectivity index is 1.76. The first kappa shape index (κ1) is 25.4. The van der Waals surface area contributed by atoms with E-state index in [2.05, 4.69) is 44.7 Å². The summed E-state index contributed by atoms with van der Waals surface area (Å²) < 4.78 is 4.81. The van der Waals surface area contributed by atoms with E-state index in [1.54, 1.807) is 6.08 Å². The summed E-state index contributed by atoms with van der Waals surface area (Å²) >= 11 is 0. The maximum absolute atomic E-state index is 12.9. The highest BCUT2D eigenvalue weighted by atomic mass is 16.5. The van der Waals surface area contributed by atoms with Gasteiger partial charge in [-0.1, -0.05) is 39.8 Å². The van der Waals surface area contributed by atoms with Crippen LogP contribution in [0.1, 0.15) is 64.2 Å². The van der Waals surface area contributed by atoms with Gasteiger partial charge in [-0.3, -0.25) is 24.1 Å². The Kier molecular flexibility index (Phi) is 6.41. The van der Waals surface area contributed by atoms with Gasteiger partial charge in [0.2, 0.25) is 0 Å². The van der Waals surface area contributed by atoms with Gasteiger partial charge in [-0.15, -0.1) is 0 Å². The topological polar surface area (TPSA) is 104 Å². The van der Waals surface area contributed by atoms with Gasteiger partial charge in [-0.05, 0) is 65.5 Å². The largest absolute Gasteiger partial charge is 0.480 e. The molecule has 8 nitrogen and oxygen atoms in total. The molecule has 8 heteroatoms. The zero-order valence-corrected chi connectivity index (χ0v) is 21.4. The van der Waals surface area contributed by atoms with Crippen LogP contribution >= 0.6 is 0 Å². The summed E-state index contributed by atoms with van der Waals surface area (Å²) in [5.74, 6) is -3.40. The molecule has 0 aromatic heterocycles. The maximum atomic E-state index is 12.9. The minimum absolute atomic E-state index is 0.0355. The number of amides is 2. The first-order valence-electron chi connectivity index (χ1n) is 12.1. The van der Waals surface area contributed by atoms with Gasteiger partial charge in [0.15, 0.2) is 5.76 Å². The number of carboxylic acids is 1. The van der Waals surface area contributed by atoms with Crippen molar-refractivity contribution in [3.8, 4) is 0 Å². The number of aliphatic carboxylic acids is 1. The Morgan fingerprint density at radius 1 is 1.06 bits per heavy atom. The molecule has 36 heavy (non-hydrogen) atoms. The molecule has 0 aliphatic carbocycles. The van der Waals surface area contributed by atoms with Gasteiger partial charge in [0.05, 0.1) is 0 Å². The number of rotatable bonds is 6. The van der Waals surface area contributed by atoms with Crippen molar-refractivity contribution < 1.29 is 29.0 Å². The van der Waals surface area contributed by atoms with E-state index in [4.69, 9.17) is 9.84 Å². The minimum atomic E-state index is -1.35. The van der Waals surface area contributed by atoms with Crippen molar-refractivity contribution >= 4 is 36.0 Å². The molecule has 0 unspecified atom stereocenters. The van der Waals surface area contributed by atoms with Crippen LogP contribution in [0.2, 0.25) is 0 Å². The summed E-state index contributed by atoms with van der Waals surface area (Å²) in [5, 5.41) is 9.14. The Hall–Kier alpha value is -3.68. The van der Waals surface area contributed by atoms with Crippen LogP contribution in [0.3, 0.4) is 0 Å². The number of anilines is 1. The average Bonchev–Trinajstić information content (AvgIpc) is 2.80. The van der Waals surface area contributed by atoms with E-state index in [9.17, 15) is 19.2 Å². The molecular formula is C28H32N2O6. The van der Waals surface area contributed by atoms with E-state index in [-0.39, 0.29) is 34.2 Å². The lowest BCUT2D eigenvalue weighted by Gasteiger charge is -2.48. The first-order chi connectivity index (χ1) is 16.9. The molecule has 0 spiro atoms. The Morgan fingerprint density at radius 2 is 1.64 bits per heavy atom. The van der Waals surface area contributed by atoms with Crippen molar-refractivity contribution in [2.24, 2.45) is 0 Å². The van der Waals surface area contributed by atoms with Crippen LogP contribution in [-0.2, 0) is 34.7 Å². The van der Waals surface area contributed by atoms with Crippen LogP contribution in [-0.4, -0.2) is 53.9 Å². The Bertz CT molecular complexity index is 1210. The van der Waals surface area contributed by atoms with Crippen LogP contribution in [0, 0.1) is 0 Å². The first-order valence-corrected chi connectivity index (χ1v) is 12.1. The third-order valence-electron chi connectivity index (χ3n) is 7.59. The molecule has 4 rings (SSSR count). The highest BCUT2D eigenvalue weighted by Gasteiger charge is 2.40. The van der Waals surface area contributed by atoms with Gasteiger partial charge >= 0.3 is 5.97 Å². The summed E-state index contributed by atoms with van der Waals surface area (Å²) in [4.78, 5) is 50.7. The standard InChI is InChI=1S/C28H32N2O6/c1-17-19(25(34)30(15-22(32)33)26(35)24(17)36-16-31)8-6-7-18-13-20-23-21(14-18)28(4,5)10-12-29(23)11-9-27(20,2)3/h6-8,13-14,16H,9-12,15H2,1-5H3,(H,32,33)/b7-6+,19-8-. The monoisotopic (exact) mass is 492 g/mol. The van der Waals surface area contributed by atoms with Crippen LogP contribution in [0.5, 0.6) is 0 Å². The molecule has 190 valence electrons. The molecule has 3 heterocycles. The van der Waals surface area contributed by atoms with Gasteiger partial charge < -0.3 is 14.7 Å². The number of allylic oxidation sites excluding steroid dienone is 2. The summed E-state index contributed by atoms with van der Waals surface area (Å²) in [6.07, 6.45) is 7.29. The third-order valence-corrected chi connectivity index (χ3v) is 7.59. The second-order valence-corrected chi connectivity index (χ2v) is 10.9. The molecule has 3 aliphatic heterocycles. The SMILES string of the molecule is CC1=C(OC=O)C(=O)N(CC(=O)O)C(=O)/C1=C\C=C\c1cc2c3c(c1)C(C)(C)CCN3CCC2(C)C. The smallest absolute Gasteiger partial charge is 0.323 e. The van der Waals surface area contributed by atoms with E-state index < -0.39 is 24.3 Å². The molecule has 1 aromatic carbocycles. The lowest BCUT2D eigenvalue weighted by Crippen LogP contribution is -2.46. The van der Waals surface area contributed by atoms with Crippen LogP contribution in [0.15, 0.2) is 41.2 Å². The number of imide groups is 1. The molecule has 2 amide bonds. The van der Waals surface area contributed by atoms with Crippen LogP contribution in [0.4, 0.5) is 5.69 Å². The zero-order valence-electron chi connectivity index (χ0n) is 21.4. The zero-order chi connectivity index (χ0) is 26.4. The summed E-state index contributed by atoms with van der Waals surface area (Å²) in [5.41, 5.74) is 5.32. The fraction of sp³-hybridized carbons (Fsp3) is 0.429. The molecule has 0 saturated carbocycles. The van der Waals surface area contributed by atoms with Crippen molar-refractivity contribution in [3.63, 3.8) is 0 Å². The quantitative estimate of drug-likeness (QED) is 0.367. The number of nitrogens with zero attached hydrogens (tertiary/aromatic N) is 2. The van der Waals surface area contributed by atoms with Crippen molar-refractivity contribution in [1.29, 1.82) is 0 Å². The van der Waals surface area contributed by atoms with Gasteiger partial charge in [-0.2, -0.15) is 0 Å². The molecule has 0 fully saturated rings. The number of hydrogen-bond donors (Lipinski definition) is 1. The molecule has 1 aromatic rings. The van der Waals surface area contributed by atoms with Crippen molar-refractivity contribution in [1.82, 2.24) is 4.90 Å². The lowest BCUT2D eigenvalue weighted by atomic mass is 9.69. The number of hydrogen-bond acceptors (Lipinski definition) is 6. The van der Waals surface area contributed by atoms with E-state index >= 15 is 0 Å². The molecule has 0 atom stereocenters. The normalized spacial score (nSPS) is 21.8. The molecule has 0 saturated heterocycles. The van der Waals surface area contributed by atoms with Gasteiger partial charge in [0.25, 0.3) is 18.3 Å². The minimum Gasteiger partial charge on any atom is -0.480 e. The van der Waals surface area contributed by atoms with E-state index in [0.29, 0.717) is 4.90 Å². The predicted octanol–water partition coefficient (Wildman–Crippen LogP) is 3.70. The molecule has 3 aliphatic rings. The van der Waals surface area contributed by atoms with E-state index in [1.165, 1.54) is 29.8 Å². The number of ether oxygens (including phenoxy) is 1. The molecule has 1 N–H and O–H groups in total. The van der Waals surface area contributed by atoms with E-state index in [0.717, 1.165) is 31.5 Å². The molecule has 0 radical (unpaired) electrons. The van der Waals surface area contributed by atoms with Crippen molar-refractivity contribution in [2.75, 3.05) is 24.5 Å². The predicted molar refractivity (Wildman–Crippen MR) is 135 cm³/mol. The Morgan fingerprint density at radius 3 is 2.17 bits per heavy atom. The average molecular weight is 493 g/mol. The van der Waals surface area contributed by atoms with Crippen molar-refractivity contribution in [3.05, 3.63) is 57.9 Å². The maximum Gasteiger partial charge on any atom is 0.323 e. The van der Waals surface area contributed by atoms with Gasteiger partial charge in [0, 0.05) is 29.9 Å². The summed E-state index contributed by atoms with van der Waals surface area (Å²) in [6, 6.07) is 4.40. The fourth-order valence-corrected chi connectivity index (χ4v) is 5.28. The highest BCUT2D eigenvalue weighted by molar-refractivity contribution is 6.17. The number of carbonyl (C=O) groups is 4. The van der Waals surface area contributed by atoms with Gasteiger partial charge in [0.1, 0.15) is 6.54 Å². The van der Waals surface area contributed by atoms with Crippen LogP contribution in [0.25, 0.3) is 6.08 Å². The third kappa shape index (κ3) is 4.36. The highest BCUT2D eigenvalue weighted by Crippen LogP contribution is 2.49. The fourth-order valence-electron chi connectivity index (χ4n) is 5.28. The van der Waals surface area contributed by atoms with Crippen molar-refractivity contribution in [2.45, 2.75) is 58.3 Å². The van der Waals surface area contributed by atoms with E-state index in [1.807, 2.05) is 6.08 Å². The number of benzene rings is 1. The molecular weight excluding hydrogens is 460 g/mol. The second kappa shape index (κ2) is 9.08. The Labute approximate surface area is 210 Å². The number of carbonyl (C=O) groups excluding carboxylic acids is 3.